The van der Waals surface area contributed by atoms with Gasteiger partial charge < -0.3 is 9.84 Å². The van der Waals surface area contributed by atoms with Gasteiger partial charge >= 0.3 is 0 Å². The molecule has 3 aromatic rings. The zero-order chi connectivity index (χ0) is 17.9. The van der Waals surface area contributed by atoms with E-state index in [0.717, 1.165) is 42.9 Å². The molecule has 0 bridgehead atoms. The van der Waals surface area contributed by atoms with Gasteiger partial charge in [-0.05, 0) is 41.8 Å². The molecule has 0 fully saturated rings. The molecule has 2 aromatic carbocycles. The Labute approximate surface area is 153 Å². The molecule has 26 heavy (non-hydrogen) atoms. The number of aromatic hydroxyl groups is 1. The monoisotopic (exact) mass is 349 g/mol. The lowest BCUT2D eigenvalue weighted by atomic mass is 9.98. The summed E-state index contributed by atoms with van der Waals surface area (Å²) in [6.45, 7) is 5.97. The van der Waals surface area contributed by atoms with Gasteiger partial charge in [-0.3, -0.25) is 9.58 Å². The van der Waals surface area contributed by atoms with Crippen LogP contribution in [-0.4, -0.2) is 39.5 Å². The van der Waals surface area contributed by atoms with Crippen molar-refractivity contribution in [3.63, 3.8) is 0 Å². The van der Waals surface area contributed by atoms with Gasteiger partial charge in [-0.25, -0.2) is 0 Å². The van der Waals surface area contributed by atoms with E-state index in [1.807, 2.05) is 29.1 Å². The molecule has 5 nitrogen and oxygen atoms in total. The Bertz CT molecular complexity index is 890. The molecule has 0 atom stereocenters. The van der Waals surface area contributed by atoms with Crippen molar-refractivity contribution in [3.05, 3.63) is 66.0 Å². The van der Waals surface area contributed by atoms with E-state index in [-0.39, 0.29) is 5.75 Å². The molecule has 1 aliphatic rings. The fraction of sp³-hybridized carbons (Fsp3) is 0.286. The molecule has 0 saturated heterocycles. The van der Waals surface area contributed by atoms with E-state index in [1.165, 1.54) is 5.56 Å². The summed E-state index contributed by atoms with van der Waals surface area (Å²) < 4.78 is 7.79. The number of benzene rings is 2. The molecule has 0 aliphatic carbocycles. The highest BCUT2D eigenvalue weighted by Crippen LogP contribution is 2.38. The summed E-state index contributed by atoms with van der Waals surface area (Å²) >= 11 is 0. The maximum absolute atomic E-state index is 10.5. The first-order chi connectivity index (χ1) is 12.7. The number of ether oxygens (including phenoxy) is 1. The zero-order valence-electron chi connectivity index (χ0n) is 14.9. The highest BCUT2D eigenvalue weighted by Gasteiger charge is 2.20. The van der Waals surface area contributed by atoms with Gasteiger partial charge in [0.25, 0.3) is 0 Å². The van der Waals surface area contributed by atoms with Crippen molar-refractivity contribution in [2.75, 3.05) is 19.7 Å². The van der Waals surface area contributed by atoms with Crippen LogP contribution in [0.2, 0.25) is 0 Å². The van der Waals surface area contributed by atoms with E-state index in [0.29, 0.717) is 12.4 Å². The summed E-state index contributed by atoms with van der Waals surface area (Å²) in [5.41, 5.74) is 4.38. The van der Waals surface area contributed by atoms with E-state index in [9.17, 15) is 5.11 Å². The van der Waals surface area contributed by atoms with Crippen LogP contribution in [0.3, 0.4) is 0 Å². The van der Waals surface area contributed by atoms with Crippen LogP contribution in [0, 0.1) is 6.92 Å². The maximum Gasteiger partial charge on any atom is 0.165 e. The van der Waals surface area contributed by atoms with Gasteiger partial charge in [0.05, 0.1) is 6.54 Å². The molecule has 1 N–H and O–H groups in total. The maximum atomic E-state index is 10.5. The lowest BCUT2D eigenvalue weighted by Crippen LogP contribution is -2.29. The molecule has 5 heteroatoms. The van der Waals surface area contributed by atoms with Crippen LogP contribution in [0.25, 0.3) is 11.1 Å². The number of hydrogen-bond donors (Lipinski definition) is 1. The number of nitrogens with zero attached hydrogens (tertiary/aromatic N) is 3. The van der Waals surface area contributed by atoms with E-state index in [4.69, 9.17) is 4.74 Å². The van der Waals surface area contributed by atoms with Gasteiger partial charge in [-0.1, -0.05) is 24.3 Å². The van der Waals surface area contributed by atoms with Crippen LogP contribution in [-0.2, 0) is 13.1 Å². The first kappa shape index (κ1) is 16.7. The number of fused-ring (bicyclic) bond motifs is 1. The Morgan fingerprint density at radius 3 is 2.85 bits per heavy atom. The second-order valence-electron chi connectivity index (χ2n) is 6.69. The number of hydrogen-bond acceptors (Lipinski definition) is 4. The van der Waals surface area contributed by atoms with E-state index >= 15 is 0 Å². The number of rotatable bonds is 4. The van der Waals surface area contributed by atoms with Crippen molar-refractivity contribution in [2.24, 2.45) is 0 Å². The minimum Gasteiger partial charge on any atom is -0.504 e. The standard InChI is InChI=1S/C21H23N3O2/c1-16-5-2-3-6-19(16)17-13-18-15-23(9-10-24-8-4-7-22-24)11-12-26-21(18)20(25)14-17/h2-8,13-14,25H,9-12,15H2,1H3. The van der Waals surface area contributed by atoms with Gasteiger partial charge in [0, 0.05) is 37.6 Å². The van der Waals surface area contributed by atoms with Gasteiger partial charge in [0.1, 0.15) is 6.61 Å². The Hall–Kier alpha value is -2.79. The van der Waals surface area contributed by atoms with Crippen LogP contribution in [0.15, 0.2) is 54.9 Å². The fourth-order valence-electron chi connectivity index (χ4n) is 3.47. The molecule has 0 amide bonds. The fourth-order valence-corrected chi connectivity index (χ4v) is 3.47. The highest BCUT2D eigenvalue weighted by atomic mass is 16.5. The number of phenolic OH excluding ortho intramolecular Hbond substituents is 1. The Morgan fingerprint density at radius 1 is 1.15 bits per heavy atom. The van der Waals surface area contributed by atoms with E-state index in [1.54, 1.807) is 12.3 Å². The van der Waals surface area contributed by atoms with Crippen molar-refractivity contribution >= 4 is 0 Å². The first-order valence-electron chi connectivity index (χ1n) is 8.95. The second-order valence-corrected chi connectivity index (χ2v) is 6.69. The van der Waals surface area contributed by atoms with Crippen LogP contribution in [0.1, 0.15) is 11.1 Å². The average molecular weight is 349 g/mol. The van der Waals surface area contributed by atoms with Gasteiger partial charge in [0.2, 0.25) is 0 Å². The molecule has 0 saturated carbocycles. The van der Waals surface area contributed by atoms with Gasteiger partial charge in [-0.2, -0.15) is 5.10 Å². The Morgan fingerprint density at radius 2 is 2.04 bits per heavy atom. The summed E-state index contributed by atoms with van der Waals surface area (Å²) in [5.74, 6) is 0.832. The summed E-state index contributed by atoms with van der Waals surface area (Å²) in [7, 11) is 0. The van der Waals surface area contributed by atoms with Crippen molar-refractivity contribution in [1.82, 2.24) is 14.7 Å². The predicted molar refractivity (Wildman–Crippen MR) is 101 cm³/mol. The highest BCUT2D eigenvalue weighted by molar-refractivity contribution is 5.71. The van der Waals surface area contributed by atoms with Gasteiger partial charge in [0.15, 0.2) is 11.5 Å². The van der Waals surface area contributed by atoms with Gasteiger partial charge in [-0.15, -0.1) is 0 Å². The van der Waals surface area contributed by atoms with Crippen molar-refractivity contribution in [2.45, 2.75) is 20.0 Å². The molecule has 1 aliphatic heterocycles. The molecule has 134 valence electrons. The normalized spacial score (nSPS) is 14.5. The van der Waals surface area contributed by atoms with Crippen molar-refractivity contribution in [1.29, 1.82) is 0 Å². The lowest BCUT2D eigenvalue weighted by Gasteiger charge is -2.19. The molecule has 0 radical (unpaired) electrons. The number of phenols is 1. The molecule has 1 aromatic heterocycles. The van der Waals surface area contributed by atoms with Crippen LogP contribution < -0.4 is 4.74 Å². The third kappa shape index (κ3) is 3.44. The predicted octanol–water partition coefficient (Wildman–Crippen LogP) is 3.46. The lowest BCUT2D eigenvalue weighted by molar-refractivity contribution is 0.215. The summed E-state index contributed by atoms with van der Waals surface area (Å²) in [5, 5.41) is 14.8. The van der Waals surface area contributed by atoms with Crippen LogP contribution in [0.4, 0.5) is 0 Å². The van der Waals surface area contributed by atoms with Crippen LogP contribution >= 0.6 is 0 Å². The number of aryl methyl sites for hydroxylation is 1. The molecular weight excluding hydrogens is 326 g/mol. The van der Waals surface area contributed by atoms with Crippen molar-refractivity contribution in [3.8, 4) is 22.6 Å². The van der Waals surface area contributed by atoms with E-state index < -0.39 is 0 Å². The zero-order valence-corrected chi connectivity index (χ0v) is 14.9. The largest absolute Gasteiger partial charge is 0.504 e. The third-order valence-corrected chi connectivity index (χ3v) is 4.85. The second kappa shape index (κ2) is 7.22. The Kier molecular flexibility index (Phi) is 4.63. The number of aromatic nitrogens is 2. The summed E-state index contributed by atoms with van der Waals surface area (Å²) in [6, 6.07) is 14.1. The molecule has 2 heterocycles. The Balaban J connectivity index is 1.60. The smallest absolute Gasteiger partial charge is 0.165 e. The minimum absolute atomic E-state index is 0.217. The topological polar surface area (TPSA) is 50.5 Å². The SMILES string of the molecule is Cc1ccccc1-c1cc(O)c2c(c1)CN(CCn1cccn1)CCO2. The summed E-state index contributed by atoms with van der Waals surface area (Å²) in [4.78, 5) is 2.34. The van der Waals surface area contributed by atoms with Crippen molar-refractivity contribution < 1.29 is 9.84 Å². The molecule has 0 unspecified atom stereocenters. The van der Waals surface area contributed by atoms with Crippen LogP contribution in [0.5, 0.6) is 11.5 Å². The van der Waals surface area contributed by atoms with E-state index in [2.05, 4.69) is 35.1 Å². The average Bonchev–Trinajstić information content (AvgIpc) is 3.06. The summed E-state index contributed by atoms with van der Waals surface area (Å²) in [6.07, 6.45) is 3.78. The molecule has 0 spiro atoms. The molecular formula is C21H23N3O2. The molecule has 4 rings (SSSR count). The first-order valence-corrected chi connectivity index (χ1v) is 8.95. The minimum atomic E-state index is 0.217. The third-order valence-electron chi connectivity index (χ3n) is 4.85. The quantitative estimate of drug-likeness (QED) is 0.784.